The van der Waals surface area contributed by atoms with Crippen LogP contribution in [0, 0.1) is 5.82 Å². The van der Waals surface area contributed by atoms with E-state index in [2.05, 4.69) is 10.6 Å². The molecule has 2 N–H and O–H groups in total. The Morgan fingerprint density at radius 1 is 1.04 bits per heavy atom. The molecule has 0 aromatic heterocycles. The van der Waals surface area contributed by atoms with E-state index in [1.54, 1.807) is 17.0 Å². The van der Waals surface area contributed by atoms with E-state index < -0.39 is 11.4 Å². The van der Waals surface area contributed by atoms with Crippen LogP contribution in [0.4, 0.5) is 10.1 Å². The fourth-order valence-corrected chi connectivity index (χ4v) is 3.93. The van der Waals surface area contributed by atoms with Gasteiger partial charge >= 0.3 is 0 Å². The molecule has 27 heavy (non-hydrogen) atoms. The van der Waals surface area contributed by atoms with Gasteiger partial charge in [0.15, 0.2) is 0 Å². The molecule has 0 saturated carbocycles. The largest absolute Gasteiger partial charge is 0.379 e. The van der Waals surface area contributed by atoms with E-state index >= 15 is 0 Å². The molecule has 0 bridgehead atoms. The predicted octanol–water partition coefficient (Wildman–Crippen LogP) is 2.93. The minimum absolute atomic E-state index is 0.00545. The van der Waals surface area contributed by atoms with Gasteiger partial charge in [0.2, 0.25) is 5.91 Å². The summed E-state index contributed by atoms with van der Waals surface area (Å²) in [6, 6.07) is 14.0. The van der Waals surface area contributed by atoms with Crippen LogP contribution in [0.2, 0.25) is 0 Å². The van der Waals surface area contributed by atoms with Crippen LogP contribution >= 0.6 is 0 Å². The van der Waals surface area contributed by atoms with Gasteiger partial charge in [0, 0.05) is 37.3 Å². The van der Waals surface area contributed by atoms with Crippen molar-refractivity contribution in [3.05, 3.63) is 65.5 Å². The average Bonchev–Trinajstić information content (AvgIpc) is 2.67. The van der Waals surface area contributed by atoms with Gasteiger partial charge in [-0.15, -0.1) is 0 Å². The number of carbonyl (C=O) groups is 2. The molecule has 0 atom stereocenters. The monoisotopic (exact) mass is 367 g/mol. The zero-order valence-electron chi connectivity index (χ0n) is 15.0. The normalized spacial score (nSPS) is 18.7. The Hall–Kier alpha value is -2.89. The van der Waals surface area contributed by atoms with E-state index in [-0.39, 0.29) is 17.4 Å². The molecule has 0 unspecified atom stereocenters. The Kier molecular flexibility index (Phi) is 4.56. The van der Waals surface area contributed by atoms with Crippen LogP contribution in [0.1, 0.15) is 35.2 Å². The van der Waals surface area contributed by atoms with Crippen LogP contribution in [-0.4, -0.2) is 35.3 Å². The van der Waals surface area contributed by atoms with Gasteiger partial charge in [0.1, 0.15) is 5.82 Å². The maximum atomic E-state index is 13.9. The van der Waals surface area contributed by atoms with Gasteiger partial charge in [-0.25, -0.2) is 4.39 Å². The first-order valence-electron chi connectivity index (χ1n) is 9.23. The fourth-order valence-electron chi connectivity index (χ4n) is 3.93. The Morgan fingerprint density at radius 3 is 2.52 bits per heavy atom. The molecule has 4 rings (SSSR count). The van der Waals surface area contributed by atoms with Gasteiger partial charge < -0.3 is 15.5 Å². The fraction of sp³-hybridized carbons (Fsp3) is 0.333. The van der Waals surface area contributed by atoms with Crippen molar-refractivity contribution >= 4 is 17.5 Å². The number of nitrogens with one attached hydrogen (secondary N) is 2. The zero-order chi connectivity index (χ0) is 18.9. The van der Waals surface area contributed by atoms with Crippen LogP contribution in [0.5, 0.6) is 0 Å². The van der Waals surface area contributed by atoms with Crippen LogP contribution in [0.3, 0.4) is 0 Å². The van der Waals surface area contributed by atoms with Gasteiger partial charge in [0.05, 0.1) is 5.56 Å². The van der Waals surface area contributed by atoms with Crippen molar-refractivity contribution in [1.82, 2.24) is 10.2 Å². The van der Waals surface area contributed by atoms with Crippen molar-refractivity contribution in [2.45, 2.75) is 31.3 Å². The van der Waals surface area contributed by atoms with E-state index in [1.807, 2.05) is 24.3 Å². The van der Waals surface area contributed by atoms with Gasteiger partial charge in [0.25, 0.3) is 5.91 Å². The summed E-state index contributed by atoms with van der Waals surface area (Å²) in [7, 11) is 0. The van der Waals surface area contributed by atoms with Gasteiger partial charge in [-0.05, 0) is 36.6 Å². The zero-order valence-corrected chi connectivity index (χ0v) is 15.0. The molecule has 1 spiro atoms. The number of carbonyl (C=O) groups excluding carboxylic acids is 2. The molecule has 2 amide bonds. The minimum atomic E-state index is -0.500. The second-order valence-electron chi connectivity index (χ2n) is 7.29. The summed E-state index contributed by atoms with van der Waals surface area (Å²) in [5.41, 5.74) is 1.77. The van der Waals surface area contributed by atoms with E-state index in [1.165, 1.54) is 12.1 Å². The van der Waals surface area contributed by atoms with Crippen LogP contribution in [-0.2, 0) is 11.3 Å². The lowest BCUT2D eigenvalue weighted by Crippen LogP contribution is -2.53. The van der Waals surface area contributed by atoms with Crippen molar-refractivity contribution in [2.24, 2.45) is 0 Å². The quantitative estimate of drug-likeness (QED) is 0.815. The summed E-state index contributed by atoms with van der Waals surface area (Å²) in [5.74, 6) is -0.787. The molecule has 1 fully saturated rings. The Labute approximate surface area is 157 Å². The topological polar surface area (TPSA) is 61.4 Å². The van der Waals surface area contributed by atoms with E-state index in [4.69, 9.17) is 0 Å². The second-order valence-corrected chi connectivity index (χ2v) is 7.29. The number of rotatable bonds is 1. The number of amides is 2. The minimum Gasteiger partial charge on any atom is -0.379 e. The average molecular weight is 367 g/mol. The third kappa shape index (κ3) is 3.52. The van der Waals surface area contributed by atoms with Crippen molar-refractivity contribution in [3.8, 4) is 0 Å². The molecule has 2 aromatic carbocycles. The summed E-state index contributed by atoms with van der Waals surface area (Å²) >= 11 is 0. The van der Waals surface area contributed by atoms with Gasteiger partial charge in [-0.2, -0.15) is 0 Å². The number of nitrogens with zero attached hydrogens (tertiary/aromatic N) is 1. The van der Waals surface area contributed by atoms with E-state index in [9.17, 15) is 14.0 Å². The smallest absolute Gasteiger partial charge is 0.256 e. The third-order valence-electron chi connectivity index (χ3n) is 5.50. The number of fused-ring (bicyclic) bond motifs is 1. The number of likely N-dealkylation sites (tertiary alicyclic amines) is 1. The molecule has 2 aliphatic rings. The molecular formula is C21H22FN3O2. The lowest BCUT2D eigenvalue weighted by Gasteiger charge is -2.44. The lowest BCUT2D eigenvalue weighted by molar-refractivity contribution is -0.122. The van der Waals surface area contributed by atoms with E-state index in [0.717, 1.165) is 11.3 Å². The molecule has 2 heterocycles. The summed E-state index contributed by atoms with van der Waals surface area (Å²) in [4.78, 5) is 26.7. The van der Waals surface area contributed by atoms with Crippen LogP contribution in [0.15, 0.2) is 48.5 Å². The number of hydrogen-bond donors (Lipinski definition) is 2. The number of halogens is 1. The maximum absolute atomic E-state index is 13.9. The van der Waals surface area contributed by atoms with Gasteiger partial charge in [-0.1, -0.05) is 30.3 Å². The molecule has 5 nitrogen and oxygen atoms in total. The number of hydrogen-bond acceptors (Lipinski definition) is 3. The SMILES string of the molecule is O=C1CC2(CCN(C(=O)c3ccccc3F)CC2)Nc2ccccc2CN1. The summed E-state index contributed by atoms with van der Waals surface area (Å²) < 4.78 is 13.9. The highest BCUT2D eigenvalue weighted by Crippen LogP contribution is 2.33. The Morgan fingerprint density at radius 2 is 1.74 bits per heavy atom. The molecule has 2 aliphatic heterocycles. The standard InChI is InChI=1S/C21H22FN3O2/c22-17-7-3-2-6-16(17)20(27)25-11-9-21(10-12-25)13-19(26)23-14-15-5-1-4-8-18(15)24-21/h1-8,24H,9-14H2,(H,23,26). The molecular weight excluding hydrogens is 345 g/mol. The highest BCUT2D eigenvalue weighted by molar-refractivity contribution is 5.94. The summed E-state index contributed by atoms with van der Waals surface area (Å²) in [6.07, 6.45) is 1.63. The third-order valence-corrected chi connectivity index (χ3v) is 5.50. The summed E-state index contributed by atoms with van der Waals surface area (Å²) in [6.45, 7) is 1.47. The van der Waals surface area contributed by atoms with Crippen molar-refractivity contribution in [2.75, 3.05) is 18.4 Å². The first-order chi connectivity index (χ1) is 13.1. The summed E-state index contributed by atoms with van der Waals surface area (Å²) in [5, 5.41) is 6.55. The van der Waals surface area contributed by atoms with Crippen LogP contribution in [0.25, 0.3) is 0 Å². The highest BCUT2D eigenvalue weighted by atomic mass is 19.1. The van der Waals surface area contributed by atoms with Gasteiger partial charge in [-0.3, -0.25) is 9.59 Å². The Bertz CT molecular complexity index is 875. The van der Waals surface area contributed by atoms with Crippen LogP contribution < -0.4 is 10.6 Å². The van der Waals surface area contributed by atoms with E-state index in [0.29, 0.717) is 38.9 Å². The predicted molar refractivity (Wildman–Crippen MR) is 101 cm³/mol. The highest BCUT2D eigenvalue weighted by Gasteiger charge is 2.39. The number of anilines is 1. The van der Waals surface area contributed by atoms with Crippen molar-refractivity contribution in [1.29, 1.82) is 0 Å². The second kappa shape index (κ2) is 7.02. The molecule has 6 heteroatoms. The molecule has 140 valence electrons. The lowest BCUT2D eigenvalue weighted by atomic mass is 9.82. The number of piperidine rings is 1. The maximum Gasteiger partial charge on any atom is 0.256 e. The molecule has 2 aromatic rings. The number of benzene rings is 2. The molecule has 0 radical (unpaired) electrons. The number of para-hydroxylation sites is 1. The molecule has 0 aliphatic carbocycles. The van der Waals surface area contributed by atoms with Crippen molar-refractivity contribution in [3.63, 3.8) is 0 Å². The molecule has 1 saturated heterocycles. The first-order valence-corrected chi connectivity index (χ1v) is 9.23. The Balaban J connectivity index is 1.53. The first kappa shape index (κ1) is 17.5. The van der Waals surface area contributed by atoms with Crippen molar-refractivity contribution < 1.29 is 14.0 Å².